The van der Waals surface area contributed by atoms with Crippen molar-refractivity contribution in [2.45, 2.75) is 20.8 Å². The van der Waals surface area contributed by atoms with Crippen LogP contribution in [0.15, 0.2) is 36.4 Å². The van der Waals surface area contributed by atoms with Crippen LogP contribution in [-0.4, -0.2) is 18.4 Å². The minimum absolute atomic E-state index is 0.0821. The number of carbonyl (C=O) groups excluding carboxylic acids is 2. The van der Waals surface area contributed by atoms with E-state index in [1.165, 1.54) is 11.8 Å². The van der Waals surface area contributed by atoms with Gasteiger partial charge in [-0.1, -0.05) is 41.4 Å². The lowest BCUT2D eigenvalue weighted by molar-refractivity contribution is -0.120. The number of aryl methyl sites for hydroxylation is 2. The molecule has 2 amide bonds. The van der Waals surface area contributed by atoms with E-state index in [1.807, 2.05) is 32.0 Å². The number of rotatable bonds is 4. The molecule has 0 fully saturated rings. The Morgan fingerprint density at radius 1 is 1.04 bits per heavy atom. The molecule has 24 heavy (non-hydrogen) atoms. The van der Waals surface area contributed by atoms with Gasteiger partial charge in [-0.3, -0.25) is 9.59 Å². The van der Waals surface area contributed by atoms with Crippen molar-refractivity contribution >= 4 is 46.4 Å². The van der Waals surface area contributed by atoms with Gasteiger partial charge < -0.3 is 10.2 Å². The fraction of sp³-hybridized carbons (Fsp3) is 0.222. The Hall–Kier alpha value is -2.04. The molecule has 0 aliphatic carbocycles. The van der Waals surface area contributed by atoms with E-state index in [2.05, 4.69) is 5.32 Å². The summed E-state index contributed by atoms with van der Waals surface area (Å²) in [6, 6.07) is 10.6. The summed E-state index contributed by atoms with van der Waals surface area (Å²) in [6.45, 7) is 5.18. The first kappa shape index (κ1) is 18.3. The van der Waals surface area contributed by atoms with Crippen LogP contribution in [0.1, 0.15) is 18.1 Å². The maximum Gasteiger partial charge on any atom is 0.244 e. The number of para-hydroxylation sites is 1. The van der Waals surface area contributed by atoms with Crippen molar-refractivity contribution in [3.05, 3.63) is 57.6 Å². The molecule has 0 spiro atoms. The maximum absolute atomic E-state index is 12.3. The van der Waals surface area contributed by atoms with Crippen molar-refractivity contribution in [3.8, 4) is 0 Å². The third-order valence-electron chi connectivity index (χ3n) is 3.59. The lowest BCUT2D eigenvalue weighted by Crippen LogP contribution is -2.37. The summed E-state index contributed by atoms with van der Waals surface area (Å²) in [4.78, 5) is 25.9. The Morgan fingerprint density at radius 3 is 2.21 bits per heavy atom. The minimum Gasteiger partial charge on any atom is -0.324 e. The second-order valence-corrected chi connectivity index (χ2v) is 6.34. The number of amides is 2. The van der Waals surface area contributed by atoms with Gasteiger partial charge in [-0.2, -0.15) is 0 Å². The molecule has 4 nitrogen and oxygen atoms in total. The van der Waals surface area contributed by atoms with Gasteiger partial charge in [0.25, 0.3) is 0 Å². The van der Waals surface area contributed by atoms with Crippen LogP contribution in [0.5, 0.6) is 0 Å². The van der Waals surface area contributed by atoms with E-state index in [0.29, 0.717) is 15.7 Å². The zero-order chi connectivity index (χ0) is 17.9. The summed E-state index contributed by atoms with van der Waals surface area (Å²) in [7, 11) is 0. The van der Waals surface area contributed by atoms with E-state index in [4.69, 9.17) is 23.2 Å². The first-order valence-corrected chi connectivity index (χ1v) is 8.14. The Morgan fingerprint density at radius 2 is 1.67 bits per heavy atom. The van der Waals surface area contributed by atoms with Crippen LogP contribution in [0.25, 0.3) is 0 Å². The topological polar surface area (TPSA) is 49.4 Å². The van der Waals surface area contributed by atoms with Crippen molar-refractivity contribution in [2.75, 3.05) is 16.8 Å². The van der Waals surface area contributed by atoms with E-state index in [0.717, 1.165) is 16.8 Å². The quantitative estimate of drug-likeness (QED) is 0.861. The normalized spacial score (nSPS) is 10.4. The highest BCUT2D eigenvalue weighted by molar-refractivity contribution is 6.42. The molecular formula is C18H18Cl2N2O2. The molecule has 0 unspecified atom stereocenters. The molecule has 0 heterocycles. The van der Waals surface area contributed by atoms with E-state index in [1.54, 1.807) is 18.2 Å². The number of nitrogens with zero attached hydrogens (tertiary/aromatic N) is 1. The van der Waals surface area contributed by atoms with Gasteiger partial charge in [-0.05, 0) is 43.2 Å². The molecule has 0 aliphatic rings. The average Bonchev–Trinajstić information content (AvgIpc) is 2.49. The Kier molecular flexibility index (Phi) is 5.86. The van der Waals surface area contributed by atoms with Crippen molar-refractivity contribution < 1.29 is 9.59 Å². The van der Waals surface area contributed by atoms with E-state index >= 15 is 0 Å². The van der Waals surface area contributed by atoms with E-state index in [9.17, 15) is 9.59 Å². The van der Waals surface area contributed by atoms with Gasteiger partial charge in [0.15, 0.2) is 0 Å². The van der Waals surface area contributed by atoms with Crippen molar-refractivity contribution in [1.29, 1.82) is 0 Å². The molecule has 126 valence electrons. The highest BCUT2D eigenvalue weighted by Crippen LogP contribution is 2.26. The van der Waals surface area contributed by atoms with Gasteiger partial charge in [-0.25, -0.2) is 0 Å². The van der Waals surface area contributed by atoms with Crippen LogP contribution in [0.4, 0.5) is 11.4 Å². The number of nitrogens with one attached hydrogen (secondary N) is 1. The van der Waals surface area contributed by atoms with Gasteiger partial charge in [0.1, 0.15) is 6.54 Å². The van der Waals surface area contributed by atoms with Gasteiger partial charge >= 0.3 is 0 Å². The van der Waals surface area contributed by atoms with Gasteiger partial charge in [-0.15, -0.1) is 0 Å². The zero-order valence-corrected chi connectivity index (χ0v) is 15.2. The molecule has 6 heteroatoms. The molecule has 2 aromatic rings. The van der Waals surface area contributed by atoms with E-state index < -0.39 is 0 Å². The highest BCUT2D eigenvalue weighted by Gasteiger charge is 2.19. The molecule has 0 aliphatic heterocycles. The molecule has 0 saturated heterocycles. The number of anilines is 2. The van der Waals surface area contributed by atoms with Crippen LogP contribution < -0.4 is 10.2 Å². The van der Waals surface area contributed by atoms with Crippen LogP contribution >= 0.6 is 23.2 Å². The number of carbonyl (C=O) groups is 2. The molecule has 0 saturated carbocycles. The van der Waals surface area contributed by atoms with Crippen LogP contribution in [0, 0.1) is 13.8 Å². The monoisotopic (exact) mass is 364 g/mol. The number of hydrogen-bond acceptors (Lipinski definition) is 2. The fourth-order valence-electron chi connectivity index (χ4n) is 2.50. The second-order valence-electron chi connectivity index (χ2n) is 5.52. The molecule has 2 aromatic carbocycles. The molecular weight excluding hydrogens is 347 g/mol. The first-order valence-electron chi connectivity index (χ1n) is 7.39. The Balaban J connectivity index is 2.20. The predicted octanol–water partition coefficient (Wildman–Crippen LogP) is 4.60. The van der Waals surface area contributed by atoms with Crippen LogP contribution in [-0.2, 0) is 9.59 Å². The lowest BCUT2D eigenvalue weighted by Gasteiger charge is -2.24. The lowest BCUT2D eigenvalue weighted by atomic mass is 10.1. The summed E-state index contributed by atoms with van der Waals surface area (Å²) in [5.41, 5.74) is 3.16. The highest BCUT2D eigenvalue weighted by atomic mass is 35.5. The second kappa shape index (κ2) is 7.69. The Bertz CT molecular complexity index is 770. The smallest absolute Gasteiger partial charge is 0.244 e. The SMILES string of the molecule is CC(=O)N(CC(=O)Nc1ccc(Cl)c(Cl)c1)c1c(C)cccc1C. The zero-order valence-electron chi connectivity index (χ0n) is 13.7. The maximum atomic E-state index is 12.3. The summed E-state index contributed by atoms with van der Waals surface area (Å²) >= 11 is 11.8. The molecule has 0 atom stereocenters. The third-order valence-corrected chi connectivity index (χ3v) is 4.33. The standard InChI is InChI=1S/C18H18Cl2N2O2/c1-11-5-4-6-12(2)18(11)22(13(3)23)10-17(24)21-14-7-8-15(19)16(20)9-14/h4-9H,10H2,1-3H3,(H,21,24). The molecule has 0 bridgehead atoms. The average molecular weight is 365 g/mol. The predicted molar refractivity (Wildman–Crippen MR) is 99.0 cm³/mol. The van der Waals surface area contributed by atoms with Crippen molar-refractivity contribution in [3.63, 3.8) is 0 Å². The number of halogens is 2. The summed E-state index contributed by atoms with van der Waals surface area (Å²) in [5.74, 6) is -0.511. The first-order chi connectivity index (χ1) is 11.3. The largest absolute Gasteiger partial charge is 0.324 e. The van der Waals surface area contributed by atoms with Crippen molar-refractivity contribution in [2.24, 2.45) is 0 Å². The summed E-state index contributed by atoms with van der Waals surface area (Å²) in [6.07, 6.45) is 0. The molecule has 0 radical (unpaired) electrons. The van der Waals surface area contributed by atoms with Crippen LogP contribution in [0.2, 0.25) is 10.0 Å². The molecule has 1 N–H and O–H groups in total. The van der Waals surface area contributed by atoms with Gasteiger partial charge in [0, 0.05) is 12.6 Å². The van der Waals surface area contributed by atoms with Gasteiger partial charge in [0.05, 0.1) is 15.7 Å². The summed E-state index contributed by atoms with van der Waals surface area (Å²) < 4.78 is 0. The van der Waals surface area contributed by atoms with Gasteiger partial charge in [0.2, 0.25) is 11.8 Å². The van der Waals surface area contributed by atoms with E-state index in [-0.39, 0.29) is 18.4 Å². The molecule has 2 rings (SSSR count). The number of hydrogen-bond donors (Lipinski definition) is 1. The van der Waals surface area contributed by atoms with Crippen molar-refractivity contribution in [1.82, 2.24) is 0 Å². The summed E-state index contributed by atoms with van der Waals surface area (Å²) in [5, 5.41) is 3.49. The number of benzene rings is 2. The Labute approximate surface area is 151 Å². The van der Waals surface area contributed by atoms with Crippen LogP contribution in [0.3, 0.4) is 0 Å². The molecule has 0 aromatic heterocycles. The third kappa shape index (κ3) is 4.28. The minimum atomic E-state index is -0.314. The fourth-order valence-corrected chi connectivity index (χ4v) is 2.80.